The monoisotopic (exact) mass is 361 g/mol. The molecule has 0 nitrogen and oxygen atoms in total. The largest absolute Gasteiger partial charge is 0.112 e. The molecule has 0 saturated carbocycles. The predicted octanol–water partition coefficient (Wildman–Crippen LogP) is 5.73. The normalized spacial score (nSPS) is 11.5. The molecule has 0 bridgehead atoms. The van der Waals surface area contributed by atoms with Crippen molar-refractivity contribution in [2.24, 2.45) is 0 Å². The fourth-order valence-electron chi connectivity index (χ4n) is 3.87. The molecule has 3 aromatic rings. The second-order valence-electron chi connectivity index (χ2n) is 6.98. The van der Waals surface area contributed by atoms with Crippen LogP contribution in [0.1, 0.15) is 38.7 Å². The summed E-state index contributed by atoms with van der Waals surface area (Å²) in [5.74, 6) is 0. The maximum absolute atomic E-state index is 2.50. The van der Waals surface area contributed by atoms with Gasteiger partial charge in [-0.25, -0.2) is 0 Å². The summed E-state index contributed by atoms with van der Waals surface area (Å²) < 4.78 is 0. The second-order valence-corrected chi connectivity index (χ2v) is 10.6. The number of unbranched alkanes of at least 4 members (excludes halogenated alkanes) is 1. The van der Waals surface area contributed by atoms with Crippen molar-refractivity contribution in [3.8, 4) is 0 Å². The zero-order chi connectivity index (χ0) is 18.2. The second kappa shape index (κ2) is 9.15. The van der Waals surface area contributed by atoms with Crippen LogP contribution >= 0.6 is 7.26 Å². The molecule has 0 aromatic heterocycles. The molecule has 0 saturated heterocycles. The molecule has 134 valence electrons. The van der Waals surface area contributed by atoms with Gasteiger partial charge in [0.25, 0.3) is 0 Å². The molecule has 0 heterocycles. The Morgan fingerprint density at radius 1 is 0.615 bits per heavy atom. The minimum absolute atomic E-state index is 1.18. The minimum atomic E-state index is -1.61. The molecule has 0 spiro atoms. The average molecular weight is 361 g/mol. The van der Waals surface area contributed by atoms with Crippen LogP contribution in [-0.2, 0) is 6.42 Å². The van der Waals surface area contributed by atoms with E-state index in [-0.39, 0.29) is 0 Å². The van der Waals surface area contributed by atoms with Crippen molar-refractivity contribution in [2.75, 3.05) is 6.16 Å². The first-order valence-electron chi connectivity index (χ1n) is 9.90. The van der Waals surface area contributed by atoms with Gasteiger partial charge in [-0.3, -0.25) is 0 Å². The standard InChI is InChI=1S/C25H30P/c1-3-5-13-22-14-12-19-25(21-22)26(20-4-2,23-15-8-6-9-16-23)24-17-10-7-11-18-24/h6-12,14-19,21H,3-5,13,20H2,1-2H3/q+1. The van der Waals surface area contributed by atoms with Crippen LogP contribution < -0.4 is 15.9 Å². The van der Waals surface area contributed by atoms with E-state index in [1.165, 1.54) is 53.3 Å². The molecule has 0 atom stereocenters. The van der Waals surface area contributed by atoms with Gasteiger partial charge in [-0.2, -0.15) is 0 Å². The van der Waals surface area contributed by atoms with Gasteiger partial charge in [0, 0.05) is 0 Å². The summed E-state index contributed by atoms with van der Waals surface area (Å²) in [4.78, 5) is 0. The van der Waals surface area contributed by atoms with Gasteiger partial charge in [0.2, 0.25) is 0 Å². The lowest BCUT2D eigenvalue weighted by Crippen LogP contribution is -2.33. The van der Waals surface area contributed by atoms with E-state index in [0.29, 0.717) is 0 Å². The Morgan fingerprint density at radius 3 is 1.73 bits per heavy atom. The third-order valence-corrected chi connectivity index (χ3v) is 9.76. The van der Waals surface area contributed by atoms with Crippen LogP contribution in [0.5, 0.6) is 0 Å². The summed E-state index contributed by atoms with van der Waals surface area (Å²) in [5, 5.41) is 4.53. The SMILES string of the molecule is CCCCc1cccc([P+](CCC)(c2ccccc2)c2ccccc2)c1. The number of aryl methyl sites for hydroxylation is 1. The lowest BCUT2D eigenvalue weighted by molar-refractivity contribution is 0.795. The van der Waals surface area contributed by atoms with Crippen molar-refractivity contribution in [3.05, 3.63) is 90.5 Å². The molecule has 1 heteroatoms. The molecular formula is C25H30P+. The third-order valence-electron chi connectivity index (χ3n) is 5.12. The molecule has 26 heavy (non-hydrogen) atoms. The molecule has 0 radical (unpaired) electrons. The Bertz CT molecular complexity index is 753. The third kappa shape index (κ3) is 3.92. The Balaban J connectivity index is 2.20. The highest BCUT2D eigenvalue weighted by Crippen LogP contribution is 2.55. The van der Waals surface area contributed by atoms with Crippen LogP contribution in [0.3, 0.4) is 0 Å². The van der Waals surface area contributed by atoms with Gasteiger partial charge in [0.1, 0.15) is 23.2 Å². The molecule has 0 aliphatic rings. The van der Waals surface area contributed by atoms with E-state index in [9.17, 15) is 0 Å². The summed E-state index contributed by atoms with van der Waals surface area (Å²) in [6, 6.07) is 31.9. The molecule has 0 N–H and O–H groups in total. The molecule has 0 unspecified atom stereocenters. The maximum Gasteiger partial charge on any atom is 0.112 e. The smallest absolute Gasteiger partial charge is 0.0654 e. The first kappa shape index (κ1) is 18.9. The lowest BCUT2D eigenvalue weighted by atomic mass is 10.1. The predicted molar refractivity (Wildman–Crippen MR) is 119 cm³/mol. The Hall–Kier alpha value is -1.91. The van der Waals surface area contributed by atoms with Gasteiger partial charge in [0.05, 0.1) is 6.16 Å². The van der Waals surface area contributed by atoms with E-state index in [2.05, 4.69) is 98.8 Å². The average Bonchev–Trinajstić information content (AvgIpc) is 2.72. The van der Waals surface area contributed by atoms with Crippen molar-refractivity contribution in [1.29, 1.82) is 0 Å². The summed E-state index contributed by atoms with van der Waals surface area (Å²) in [6.45, 7) is 4.59. The van der Waals surface area contributed by atoms with Crippen LogP contribution in [0.2, 0.25) is 0 Å². The Morgan fingerprint density at radius 2 is 1.19 bits per heavy atom. The van der Waals surface area contributed by atoms with Crippen molar-refractivity contribution in [2.45, 2.75) is 39.5 Å². The van der Waals surface area contributed by atoms with Crippen molar-refractivity contribution < 1.29 is 0 Å². The highest BCUT2D eigenvalue weighted by Gasteiger charge is 2.44. The van der Waals surface area contributed by atoms with E-state index < -0.39 is 7.26 Å². The fourth-order valence-corrected chi connectivity index (χ4v) is 8.29. The first-order valence-corrected chi connectivity index (χ1v) is 11.9. The highest BCUT2D eigenvalue weighted by molar-refractivity contribution is 7.95. The van der Waals surface area contributed by atoms with Crippen molar-refractivity contribution in [1.82, 2.24) is 0 Å². The number of benzene rings is 3. The summed E-state index contributed by atoms with van der Waals surface area (Å²) in [5.41, 5.74) is 1.48. The zero-order valence-electron chi connectivity index (χ0n) is 16.1. The first-order chi connectivity index (χ1) is 12.8. The fraction of sp³-hybridized carbons (Fsp3) is 0.280. The minimum Gasteiger partial charge on any atom is -0.0654 e. The van der Waals surface area contributed by atoms with Crippen LogP contribution in [0, 0.1) is 0 Å². The van der Waals surface area contributed by atoms with Crippen LogP contribution in [-0.4, -0.2) is 6.16 Å². The van der Waals surface area contributed by atoms with Gasteiger partial charge in [0.15, 0.2) is 0 Å². The van der Waals surface area contributed by atoms with Crippen LogP contribution in [0.4, 0.5) is 0 Å². The molecular weight excluding hydrogens is 331 g/mol. The molecule has 0 amide bonds. The molecule has 0 aliphatic carbocycles. The summed E-state index contributed by atoms with van der Waals surface area (Å²) in [7, 11) is -1.61. The van der Waals surface area contributed by atoms with E-state index >= 15 is 0 Å². The van der Waals surface area contributed by atoms with E-state index in [4.69, 9.17) is 0 Å². The highest BCUT2D eigenvalue weighted by atomic mass is 31.2. The van der Waals surface area contributed by atoms with Gasteiger partial charge in [-0.15, -0.1) is 0 Å². The number of hydrogen-bond acceptors (Lipinski definition) is 0. The number of hydrogen-bond donors (Lipinski definition) is 0. The lowest BCUT2D eigenvalue weighted by Gasteiger charge is -2.27. The topological polar surface area (TPSA) is 0 Å². The molecule has 3 rings (SSSR count). The van der Waals surface area contributed by atoms with E-state index in [0.717, 1.165) is 0 Å². The van der Waals surface area contributed by atoms with Crippen LogP contribution in [0.25, 0.3) is 0 Å². The van der Waals surface area contributed by atoms with Gasteiger partial charge in [-0.1, -0.05) is 68.8 Å². The van der Waals surface area contributed by atoms with Crippen LogP contribution in [0.15, 0.2) is 84.9 Å². The number of rotatable bonds is 8. The van der Waals surface area contributed by atoms with Crippen molar-refractivity contribution in [3.63, 3.8) is 0 Å². The molecule has 3 aromatic carbocycles. The Labute approximate surface area is 159 Å². The maximum atomic E-state index is 2.50. The molecule has 0 aliphatic heterocycles. The van der Waals surface area contributed by atoms with Crippen molar-refractivity contribution >= 4 is 23.2 Å². The summed E-state index contributed by atoms with van der Waals surface area (Å²) >= 11 is 0. The quantitative estimate of drug-likeness (QED) is 0.449. The molecule has 0 fully saturated rings. The van der Waals surface area contributed by atoms with Gasteiger partial charge >= 0.3 is 0 Å². The van der Waals surface area contributed by atoms with E-state index in [1.807, 2.05) is 0 Å². The van der Waals surface area contributed by atoms with Gasteiger partial charge < -0.3 is 0 Å². The van der Waals surface area contributed by atoms with Gasteiger partial charge in [-0.05, 0) is 61.2 Å². The zero-order valence-corrected chi connectivity index (χ0v) is 17.0. The summed E-state index contributed by atoms with van der Waals surface area (Å²) in [6.07, 6.45) is 6.10. The van der Waals surface area contributed by atoms with E-state index in [1.54, 1.807) is 0 Å². The Kier molecular flexibility index (Phi) is 6.64.